The molecule has 1 heterocycles. The molecule has 13 heavy (non-hydrogen) atoms. The van der Waals surface area contributed by atoms with Gasteiger partial charge in [-0.25, -0.2) is 0 Å². The highest BCUT2D eigenvalue weighted by Crippen LogP contribution is 1.96. The van der Waals surface area contributed by atoms with Crippen molar-refractivity contribution in [1.29, 1.82) is 0 Å². The van der Waals surface area contributed by atoms with E-state index in [0.717, 1.165) is 18.7 Å². The fourth-order valence-electron chi connectivity index (χ4n) is 1.13. The van der Waals surface area contributed by atoms with Gasteiger partial charge in [0.15, 0.2) is 0 Å². The maximum absolute atomic E-state index is 10.5. The van der Waals surface area contributed by atoms with E-state index < -0.39 is 0 Å². The molecule has 1 aromatic heterocycles. The maximum atomic E-state index is 10.5. The number of nitrogens with one attached hydrogen (secondary N) is 1. The van der Waals surface area contributed by atoms with E-state index in [1.807, 2.05) is 17.7 Å². The van der Waals surface area contributed by atoms with E-state index in [2.05, 4.69) is 10.4 Å². The van der Waals surface area contributed by atoms with Crippen molar-refractivity contribution < 1.29 is 4.79 Å². The Labute approximate surface area is 77.9 Å². The quantitative estimate of drug-likeness (QED) is 0.696. The van der Waals surface area contributed by atoms with Gasteiger partial charge < -0.3 is 5.32 Å². The van der Waals surface area contributed by atoms with E-state index in [-0.39, 0.29) is 5.91 Å². The van der Waals surface area contributed by atoms with Crippen LogP contribution in [0.4, 0.5) is 0 Å². The summed E-state index contributed by atoms with van der Waals surface area (Å²) in [6.07, 6.45) is 2.70. The van der Waals surface area contributed by atoms with Crippen LogP contribution in [0.5, 0.6) is 0 Å². The second-order valence-electron chi connectivity index (χ2n) is 3.03. The highest BCUT2D eigenvalue weighted by atomic mass is 16.1. The molecule has 0 spiro atoms. The minimum Gasteiger partial charge on any atom is -0.356 e. The van der Waals surface area contributed by atoms with Crippen LogP contribution in [0, 0.1) is 6.92 Å². The van der Waals surface area contributed by atoms with Gasteiger partial charge in [-0.15, -0.1) is 0 Å². The van der Waals surface area contributed by atoms with Crippen LogP contribution in [0.25, 0.3) is 0 Å². The van der Waals surface area contributed by atoms with Crippen molar-refractivity contribution >= 4 is 5.91 Å². The smallest absolute Gasteiger partial charge is 0.216 e. The Morgan fingerprint density at radius 2 is 2.46 bits per heavy atom. The van der Waals surface area contributed by atoms with Gasteiger partial charge in [-0.1, -0.05) is 0 Å². The van der Waals surface area contributed by atoms with Crippen molar-refractivity contribution in [2.75, 3.05) is 6.54 Å². The number of carbonyl (C=O) groups is 1. The van der Waals surface area contributed by atoms with Crippen molar-refractivity contribution in [2.24, 2.45) is 0 Å². The minimum atomic E-state index is 0.0252. The standard InChI is InChI=1S/C9H15N3O/c1-8-4-6-11-12(8)7-3-5-10-9(2)13/h4,6H,3,5,7H2,1-2H3,(H,10,13). The van der Waals surface area contributed by atoms with Crippen molar-refractivity contribution in [3.63, 3.8) is 0 Å². The topological polar surface area (TPSA) is 46.9 Å². The van der Waals surface area contributed by atoms with E-state index in [1.165, 1.54) is 6.92 Å². The number of amides is 1. The predicted molar refractivity (Wildman–Crippen MR) is 50.3 cm³/mol. The Bertz CT molecular complexity index is 280. The van der Waals surface area contributed by atoms with Crippen LogP contribution >= 0.6 is 0 Å². The normalized spacial score (nSPS) is 10.0. The first-order valence-electron chi connectivity index (χ1n) is 4.43. The molecule has 1 aromatic rings. The molecule has 0 atom stereocenters. The number of nitrogens with zero attached hydrogens (tertiary/aromatic N) is 2. The summed E-state index contributed by atoms with van der Waals surface area (Å²) in [7, 11) is 0. The Morgan fingerprint density at radius 3 is 3.00 bits per heavy atom. The lowest BCUT2D eigenvalue weighted by Gasteiger charge is -2.04. The number of carbonyl (C=O) groups excluding carboxylic acids is 1. The molecule has 0 aromatic carbocycles. The molecule has 1 rings (SSSR count). The first kappa shape index (κ1) is 9.77. The molecule has 4 nitrogen and oxygen atoms in total. The Balaban J connectivity index is 2.20. The zero-order valence-electron chi connectivity index (χ0n) is 8.08. The minimum absolute atomic E-state index is 0.0252. The van der Waals surface area contributed by atoms with Crippen LogP contribution in [-0.4, -0.2) is 22.2 Å². The van der Waals surface area contributed by atoms with Gasteiger partial charge in [-0.05, 0) is 19.4 Å². The second kappa shape index (κ2) is 4.64. The number of hydrogen-bond acceptors (Lipinski definition) is 2. The van der Waals surface area contributed by atoms with Crippen LogP contribution in [0.3, 0.4) is 0 Å². The molecule has 0 aliphatic carbocycles. The van der Waals surface area contributed by atoms with E-state index in [4.69, 9.17) is 0 Å². The monoisotopic (exact) mass is 181 g/mol. The molecule has 1 amide bonds. The third-order valence-electron chi connectivity index (χ3n) is 1.85. The molecule has 0 radical (unpaired) electrons. The van der Waals surface area contributed by atoms with Gasteiger partial charge in [0.2, 0.25) is 5.91 Å². The third-order valence-corrected chi connectivity index (χ3v) is 1.85. The van der Waals surface area contributed by atoms with E-state index in [1.54, 1.807) is 6.20 Å². The van der Waals surface area contributed by atoms with Crippen molar-refractivity contribution in [2.45, 2.75) is 26.8 Å². The van der Waals surface area contributed by atoms with Gasteiger partial charge in [-0.3, -0.25) is 9.48 Å². The molecule has 0 aliphatic heterocycles. The lowest BCUT2D eigenvalue weighted by molar-refractivity contribution is -0.118. The molecule has 0 unspecified atom stereocenters. The predicted octanol–water partition coefficient (Wildman–Crippen LogP) is 0.718. The van der Waals surface area contributed by atoms with Gasteiger partial charge in [0, 0.05) is 31.9 Å². The van der Waals surface area contributed by atoms with Gasteiger partial charge in [0.25, 0.3) is 0 Å². The third kappa shape index (κ3) is 3.27. The highest BCUT2D eigenvalue weighted by molar-refractivity contribution is 5.72. The fraction of sp³-hybridized carbons (Fsp3) is 0.556. The molecule has 0 aliphatic rings. The first-order chi connectivity index (χ1) is 6.20. The van der Waals surface area contributed by atoms with Crippen molar-refractivity contribution in [1.82, 2.24) is 15.1 Å². The average Bonchev–Trinajstić information content (AvgIpc) is 2.45. The second-order valence-corrected chi connectivity index (χ2v) is 3.03. The van der Waals surface area contributed by atoms with Crippen LogP contribution < -0.4 is 5.32 Å². The summed E-state index contributed by atoms with van der Waals surface area (Å²) in [5.41, 5.74) is 1.16. The zero-order valence-corrected chi connectivity index (χ0v) is 8.08. The molecule has 0 bridgehead atoms. The molecule has 4 heteroatoms. The van der Waals surface area contributed by atoms with Gasteiger partial charge in [0.1, 0.15) is 0 Å². The lowest BCUT2D eigenvalue weighted by atomic mass is 10.4. The molecule has 0 fully saturated rings. The lowest BCUT2D eigenvalue weighted by Crippen LogP contribution is -2.22. The Morgan fingerprint density at radius 1 is 1.69 bits per heavy atom. The number of rotatable bonds is 4. The number of aryl methyl sites for hydroxylation is 2. The summed E-state index contributed by atoms with van der Waals surface area (Å²) in [6.45, 7) is 5.12. The SMILES string of the molecule is CC(=O)NCCCn1nccc1C. The van der Waals surface area contributed by atoms with E-state index >= 15 is 0 Å². The van der Waals surface area contributed by atoms with Gasteiger partial charge in [0.05, 0.1) is 0 Å². The number of hydrogen-bond donors (Lipinski definition) is 1. The maximum Gasteiger partial charge on any atom is 0.216 e. The summed E-state index contributed by atoms with van der Waals surface area (Å²) in [5.74, 6) is 0.0252. The molecular formula is C9H15N3O. The van der Waals surface area contributed by atoms with Crippen LogP contribution in [-0.2, 0) is 11.3 Å². The van der Waals surface area contributed by atoms with Gasteiger partial charge >= 0.3 is 0 Å². The summed E-state index contributed by atoms with van der Waals surface area (Å²) in [5, 5.41) is 6.88. The largest absolute Gasteiger partial charge is 0.356 e. The first-order valence-corrected chi connectivity index (χ1v) is 4.43. The van der Waals surface area contributed by atoms with E-state index in [9.17, 15) is 4.79 Å². The Kier molecular flexibility index (Phi) is 3.49. The number of aromatic nitrogens is 2. The van der Waals surface area contributed by atoms with Crippen molar-refractivity contribution in [3.8, 4) is 0 Å². The van der Waals surface area contributed by atoms with Crippen molar-refractivity contribution in [3.05, 3.63) is 18.0 Å². The average molecular weight is 181 g/mol. The molecule has 72 valence electrons. The summed E-state index contributed by atoms with van der Waals surface area (Å²) < 4.78 is 1.93. The fourth-order valence-corrected chi connectivity index (χ4v) is 1.13. The van der Waals surface area contributed by atoms with Crippen LogP contribution in [0.15, 0.2) is 12.3 Å². The summed E-state index contributed by atoms with van der Waals surface area (Å²) >= 11 is 0. The molecular weight excluding hydrogens is 166 g/mol. The zero-order chi connectivity index (χ0) is 9.68. The summed E-state index contributed by atoms with van der Waals surface area (Å²) in [4.78, 5) is 10.5. The molecule has 1 N–H and O–H groups in total. The molecule has 0 saturated carbocycles. The van der Waals surface area contributed by atoms with Crippen LogP contribution in [0.2, 0.25) is 0 Å². The van der Waals surface area contributed by atoms with E-state index in [0.29, 0.717) is 6.54 Å². The van der Waals surface area contributed by atoms with Crippen LogP contribution in [0.1, 0.15) is 19.0 Å². The highest BCUT2D eigenvalue weighted by Gasteiger charge is 1.96. The van der Waals surface area contributed by atoms with Gasteiger partial charge in [-0.2, -0.15) is 5.10 Å². The summed E-state index contributed by atoms with van der Waals surface area (Å²) in [6, 6.07) is 1.97. The Hall–Kier alpha value is -1.32. The molecule has 0 saturated heterocycles.